The molecular formula is C21H25N3O2. The highest BCUT2D eigenvalue weighted by atomic mass is 16.5. The number of hydrogen-bond acceptors (Lipinski definition) is 4. The first-order valence-electron chi connectivity index (χ1n) is 9.35. The lowest BCUT2D eigenvalue weighted by Gasteiger charge is -2.28. The van der Waals surface area contributed by atoms with Gasteiger partial charge in [0.15, 0.2) is 0 Å². The van der Waals surface area contributed by atoms with E-state index < -0.39 is 0 Å². The summed E-state index contributed by atoms with van der Waals surface area (Å²) in [6.07, 6.45) is 1.57. The van der Waals surface area contributed by atoms with Gasteiger partial charge >= 0.3 is 0 Å². The van der Waals surface area contributed by atoms with Crippen molar-refractivity contribution in [1.82, 2.24) is 0 Å². The van der Waals surface area contributed by atoms with E-state index >= 15 is 0 Å². The number of nitrogens with one attached hydrogen (secondary N) is 1. The van der Waals surface area contributed by atoms with Gasteiger partial charge in [-0.05, 0) is 42.3 Å². The van der Waals surface area contributed by atoms with Gasteiger partial charge in [-0.3, -0.25) is 4.79 Å². The third kappa shape index (κ3) is 3.83. The topological polar surface area (TPSA) is 44.8 Å². The molecule has 2 aliphatic rings. The molecule has 0 radical (unpaired) electrons. The molecule has 0 aromatic heterocycles. The zero-order valence-corrected chi connectivity index (χ0v) is 15.0. The molecule has 5 nitrogen and oxygen atoms in total. The van der Waals surface area contributed by atoms with Gasteiger partial charge in [0.2, 0.25) is 5.91 Å². The van der Waals surface area contributed by atoms with Crippen molar-refractivity contribution in [2.45, 2.75) is 12.8 Å². The molecule has 136 valence electrons. The van der Waals surface area contributed by atoms with Crippen LogP contribution < -0.4 is 15.1 Å². The number of carbonyl (C=O) groups excluding carboxylic acids is 1. The summed E-state index contributed by atoms with van der Waals surface area (Å²) in [5, 5.41) is 3.01. The van der Waals surface area contributed by atoms with Crippen LogP contribution in [0.5, 0.6) is 0 Å². The van der Waals surface area contributed by atoms with Crippen LogP contribution in [-0.2, 0) is 16.0 Å². The van der Waals surface area contributed by atoms with Crippen LogP contribution in [0.15, 0.2) is 48.5 Å². The van der Waals surface area contributed by atoms with E-state index in [1.165, 1.54) is 16.9 Å². The van der Waals surface area contributed by atoms with E-state index in [0.717, 1.165) is 51.5 Å². The number of carbonyl (C=O) groups is 1. The molecule has 5 heteroatoms. The Morgan fingerprint density at radius 3 is 2.58 bits per heavy atom. The predicted molar refractivity (Wildman–Crippen MR) is 105 cm³/mol. The van der Waals surface area contributed by atoms with Gasteiger partial charge in [0, 0.05) is 49.7 Å². The highest BCUT2D eigenvalue weighted by Crippen LogP contribution is 2.27. The largest absolute Gasteiger partial charge is 0.378 e. The van der Waals surface area contributed by atoms with Crippen LogP contribution in [0.3, 0.4) is 0 Å². The standard InChI is InChI=1S/C21H25N3O2/c25-21(10-12-24-11-9-17-3-1-2-4-20(17)24)22-18-5-7-19(8-6-18)23-13-15-26-16-14-23/h1-8H,9-16H2,(H,22,25). The number of para-hydroxylation sites is 1. The second kappa shape index (κ2) is 7.79. The Balaban J connectivity index is 1.28. The minimum atomic E-state index is 0.0634. The van der Waals surface area contributed by atoms with Crippen molar-refractivity contribution in [3.63, 3.8) is 0 Å². The van der Waals surface area contributed by atoms with Crippen molar-refractivity contribution in [1.29, 1.82) is 0 Å². The number of nitrogens with zero attached hydrogens (tertiary/aromatic N) is 2. The maximum Gasteiger partial charge on any atom is 0.226 e. The zero-order chi connectivity index (χ0) is 17.8. The summed E-state index contributed by atoms with van der Waals surface area (Å²) >= 11 is 0. The fourth-order valence-corrected chi connectivity index (χ4v) is 3.68. The van der Waals surface area contributed by atoms with Gasteiger partial charge in [-0.2, -0.15) is 0 Å². The average molecular weight is 351 g/mol. The fraction of sp³-hybridized carbons (Fsp3) is 0.381. The zero-order valence-electron chi connectivity index (χ0n) is 15.0. The molecule has 0 spiro atoms. The molecular weight excluding hydrogens is 326 g/mol. The lowest BCUT2D eigenvalue weighted by atomic mass is 10.2. The molecule has 26 heavy (non-hydrogen) atoms. The Morgan fingerprint density at radius 1 is 1.00 bits per heavy atom. The number of fused-ring (bicyclic) bond motifs is 1. The summed E-state index contributed by atoms with van der Waals surface area (Å²) < 4.78 is 5.39. The lowest BCUT2D eigenvalue weighted by molar-refractivity contribution is -0.116. The summed E-state index contributed by atoms with van der Waals surface area (Å²) in [6.45, 7) is 5.15. The van der Waals surface area contributed by atoms with Crippen molar-refractivity contribution in [2.24, 2.45) is 0 Å². The van der Waals surface area contributed by atoms with Crippen LogP contribution in [0.2, 0.25) is 0 Å². The molecule has 2 aromatic carbocycles. The van der Waals surface area contributed by atoms with E-state index in [-0.39, 0.29) is 5.91 Å². The third-order valence-electron chi connectivity index (χ3n) is 5.12. The number of anilines is 3. The first-order valence-corrected chi connectivity index (χ1v) is 9.35. The lowest BCUT2D eigenvalue weighted by Crippen LogP contribution is -2.36. The number of benzene rings is 2. The van der Waals surface area contributed by atoms with E-state index in [4.69, 9.17) is 4.74 Å². The van der Waals surface area contributed by atoms with Gasteiger partial charge in [-0.15, -0.1) is 0 Å². The molecule has 0 bridgehead atoms. The van der Waals surface area contributed by atoms with E-state index in [1.54, 1.807) is 0 Å². The highest BCUT2D eigenvalue weighted by molar-refractivity contribution is 5.91. The third-order valence-corrected chi connectivity index (χ3v) is 5.12. The molecule has 4 rings (SSSR count). The Kier molecular flexibility index (Phi) is 5.07. The minimum absolute atomic E-state index is 0.0634. The second-order valence-corrected chi connectivity index (χ2v) is 6.81. The maximum absolute atomic E-state index is 12.3. The maximum atomic E-state index is 12.3. The van der Waals surface area contributed by atoms with E-state index in [2.05, 4.69) is 51.5 Å². The number of ether oxygens (including phenoxy) is 1. The van der Waals surface area contributed by atoms with Crippen LogP contribution in [0.25, 0.3) is 0 Å². The molecule has 0 atom stereocenters. The number of rotatable bonds is 5. The second-order valence-electron chi connectivity index (χ2n) is 6.81. The summed E-state index contributed by atoms with van der Waals surface area (Å²) in [5.74, 6) is 0.0634. The first-order chi connectivity index (χ1) is 12.8. The molecule has 2 aromatic rings. The van der Waals surface area contributed by atoms with Crippen molar-refractivity contribution in [3.05, 3.63) is 54.1 Å². The molecule has 2 aliphatic heterocycles. The van der Waals surface area contributed by atoms with Crippen LogP contribution in [0.1, 0.15) is 12.0 Å². The van der Waals surface area contributed by atoms with Gasteiger partial charge in [-0.1, -0.05) is 18.2 Å². The quantitative estimate of drug-likeness (QED) is 0.900. The predicted octanol–water partition coefficient (Wildman–Crippen LogP) is 2.91. The average Bonchev–Trinajstić information content (AvgIpc) is 3.11. The van der Waals surface area contributed by atoms with E-state index in [1.807, 2.05) is 12.1 Å². The highest BCUT2D eigenvalue weighted by Gasteiger charge is 2.18. The van der Waals surface area contributed by atoms with Crippen molar-refractivity contribution in [3.8, 4) is 0 Å². The van der Waals surface area contributed by atoms with Crippen LogP contribution in [0, 0.1) is 0 Å². The monoisotopic (exact) mass is 351 g/mol. The van der Waals surface area contributed by atoms with E-state index in [9.17, 15) is 4.79 Å². The fourth-order valence-electron chi connectivity index (χ4n) is 3.68. The number of amides is 1. The molecule has 0 saturated carbocycles. The van der Waals surface area contributed by atoms with Gasteiger partial charge in [-0.25, -0.2) is 0 Å². The van der Waals surface area contributed by atoms with Crippen LogP contribution in [0.4, 0.5) is 17.1 Å². The molecule has 0 unspecified atom stereocenters. The normalized spacial score (nSPS) is 16.5. The first kappa shape index (κ1) is 16.9. The molecule has 1 saturated heterocycles. The minimum Gasteiger partial charge on any atom is -0.378 e. The molecule has 0 aliphatic carbocycles. The smallest absolute Gasteiger partial charge is 0.226 e. The number of hydrogen-bond donors (Lipinski definition) is 1. The molecule has 2 heterocycles. The Bertz CT molecular complexity index is 754. The van der Waals surface area contributed by atoms with E-state index in [0.29, 0.717) is 6.42 Å². The summed E-state index contributed by atoms with van der Waals surface area (Å²) in [7, 11) is 0. The molecule has 1 N–H and O–H groups in total. The summed E-state index contributed by atoms with van der Waals surface area (Å²) in [4.78, 5) is 16.9. The summed E-state index contributed by atoms with van der Waals surface area (Å²) in [5.41, 5.74) is 4.69. The van der Waals surface area contributed by atoms with Gasteiger partial charge in [0.1, 0.15) is 0 Å². The van der Waals surface area contributed by atoms with Gasteiger partial charge in [0.25, 0.3) is 0 Å². The molecule has 1 amide bonds. The number of morpholine rings is 1. The van der Waals surface area contributed by atoms with Gasteiger partial charge in [0.05, 0.1) is 13.2 Å². The van der Waals surface area contributed by atoms with Crippen LogP contribution in [-0.4, -0.2) is 45.3 Å². The van der Waals surface area contributed by atoms with Crippen molar-refractivity contribution >= 4 is 23.0 Å². The molecule has 1 fully saturated rings. The van der Waals surface area contributed by atoms with Crippen LogP contribution >= 0.6 is 0 Å². The van der Waals surface area contributed by atoms with Gasteiger partial charge < -0.3 is 19.9 Å². The Hall–Kier alpha value is -2.53. The SMILES string of the molecule is O=C(CCN1CCc2ccccc21)Nc1ccc(N2CCOCC2)cc1. The van der Waals surface area contributed by atoms with Crippen molar-refractivity contribution < 1.29 is 9.53 Å². The summed E-state index contributed by atoms with van der Waals surface area (Å²) in [6, 6.07) is 16.6. The Morgan fingerprint density at radius 2 is 1.77 bits per heavy atom. The van der Waals surface area contributed by atoms with Crippen molar-refractivity contribution in [2.75, 3.05) is 54.5 Å². The Labute approximate surface area is 154 Å².